The fourth-order valence-electron chi connectivity index (χ4n) is 3.40. The monoisotopic (exact) mass is 358 g/mol. The van der Waals surface area contributed by atoms with E-state index in [-0.39, 0.29) is 30.5 Å². The third-order valence-electron chi connectivity index (χ3n) is 4.79. The third-order valence-corrected chi connectivity index (χ3v) is 4.79. The number of aliphatic carboxylic acids is 1. The standard InChI is InChI=1S/C20H34O5/c1-2-3-6-9-15(21)12-13-17-16(18(22)14-19(17)23)10-7-4-5-8-11-20(24)25/h4,7,16-19,22-23H,2-3,5-6,8-14H2,1H3,(H,24,25)/b7-4-/t16-,17-,18+,19-/m1/s1/i5D2,8D2. The fourth-order valence-corrected chi connectivity index (χ4v) is 3.40. The van der Waals surface area contributed by atoms with Crippen LogP contribution in [0.5, 0.6) is 0 Å². The van der Waals surface area contributed by atoms with Crippen LogP contribution in [0, 0.1) is 11.8 Å². The number of allylic oxidation sites excluding steroid dienone is 2. The highest BCUT2D eigenvalue weighted by Gasteiger charge is 2.40. The SMILES string of the molecule is [2H]C([2H])(/C=C\C[C@@H]1[C@@H](CCC(=O)CCCCC)[C@H](O)C[C@@H]1O)C([2H])([2H])CC(=O)O. The molecule has 0 bridgehead atoms. The first-order valence-electron chi connectivity index (χ1n) is 11.2. The molecule has 1 fully saturated rings. The second kappa shape index (κ2) is 12.2. The zero-order chi connectivity index (χ0) is 22.2. The van der Waals surface area contributed by atoms with Gasteiger partial charge in [0.2, 0.25) is 0 Å². The fraction of sp³-hybridized carbons (Fsp3) is 0.800. The quantitative estimate of drug-likeness (QED) is 0.346. The van der Waals surface area contributed by atoms with Crippen LogP contribution >= 0.6 is 0 Å². The van der Waals surface area contributed by atoms with Gasteiger partial charge in [-0.1, -0.05) is 31.9 Å². The Labute approximate surface area is 156 Å². The summed E-state index contributed by atoms with van der Waals surface area (Å²) in [6, 6.07) is 0. The van der Waals surface area contributed by atoms with Crippen molar-refractivity contribution in [1.82, 2.24) is 0 Å². The van der Waals surface area contributed by atoms with Crippen molar-refractivity contribution in [3.63, 3.8) is 0 Å². The van der Waals surface area contributed by atoms with Crippen LogP contribution < -0.4 is 0 Å². The lowest BCUT2D eigenvalue weighted by Gasteiger charge is -2.22. The number of unbranched alkanes of at least 4 members (excludes halogenated alkanes) is 2. The van der Waals surface area contributed by atoms with Gasteiger partial charge in [-0.15, -0.1) is 0 Å². The maximum atomic E-state index is 12.0. The van der Waals surface area contributed by atoms with E-state index in [4.69, 9.17) is 10.6 Å². The summed E-state index contributed by atoms with van der Waals surface area (Å²) in [6.07, 6.45) is -0.531. The average Bonchev–Trinajstić information content (AvgIpc) is 2.85. The summed E-state index contributed by atoms with van der Waals surface area (Å²) in [6.45, 7) is 2.06. The van der Waals surface area contributed by atoms with Gasteiger partial charge in [-0.2, -0.15) is 0 Å². The first-order valence-corrected chi connectivity index (χ1v) is 9.18. The molecule has 144 valence electrons. The molecule has 1 aliphatic carbocycles. The Morgan fingerprint density at radius 2 is 1.80 bits per heavy atom. The van der Waals surface area contributed by atoms with E-state index < -0.39 is 37.3 Å². The largest absolute Gasteiger partial charge is 0.481 e. The van der Waals surface area contributed by atoms with Crippen molar-refractivity contribution in [2.75, 3.05) is 0 Å². The van der Waals surface area contributed by atoms with Gasteiger partial charge in [0.25, 0.3) is 0 Å². The molecule has 0 radical (unpaired) electrons. The van der Waals surface area contributed by atoms with Crippen molar-refractivity contribution >= 4 is 11.8 Å². The van der Waals surface area contributed by atoms with E-state index in [1.54, 1.807) is 0 Å². The number of carbonyl (C=O) groups is 2. The van der Waals surface area contributed by atoms with Crippen molar-refractivity contribution in [2.45, 2.75) is 89.7 Å². The molecule has 0 saturated heterocycles. The topological polar surface area (TPSA) is 94.8 Å². The van der Waals surface area contributed by atoms with E-state index in [0.29, 0.717) is 19.3 Å². The Morgan fingerprint density at radius 3 is 2.48 bits per heavy atom. The van der Waals surface area contributed by atoms with Gasteiger partial charge in [0.05, 0.1) is 12.2 Å². The molecule has 1 saturated carbocycles. The molecule has 1 rings (SSSR count). The number of carboxylic acids is 1. The van der Waals surface area contributed by atoms with Crippen LogP contribution in [0.25, 0.3) is 0 Å². The lowest BCUT2D eigenvalue weighted by molar-refractivity contribution is -0.137. The molecule has 5 nitrogen and oxygen atoms in total. The van der Waals surface area contributed by atoms with Crippen LogP contribution in [-0.2, 0) is 9.59 Å². The number of carboxylic acid groups (broad SMARTS) is 1. The van der Waals surface area contributed by atoms with Gasteiger partial charge in [-0.3, -0.25) is 9.59 Å². The summed E-state index contributed by atoms with van der Waals surface area (Å²) in [5, 5.41) is 29.3. The van der Waals surface area contributed by atoms with Crippen molar-refractivity contribution in [1.29, 1.82) is 0 Å². The van der Waals surface area contributed by atoms with Crippen LogP contribution in [-0.4, -0.2) is 39.3 Å². The van der Waals surface area contributed by atoms with Gasteiger partial charge in [-0.25, -0.2) is 0 Å². The molecule has 0 aromatic heterocycles. The molecular weight excluding hydrogens is 320 g/mol. The lowest BCUT2D eigenvalue weighted by Crippen LogP contribution is -2.22. The highest BCUT2D eigenvalue weighted by Crippen LogP contribution is 2.38. The molecule has 0 aliphatic heterocycles. The molecular formula is C20H34O5. The second-order valence-electron chi connectivity index (χ2n) is 6.76. The highest BCUT2D eigenvalue weighted by atomic mass is 16.4. The van der Waals surface area contributed by atoms with E-state index in [0.717, 1.165) is 25.3 Å². The molecule has 0 aromatic rings. The van der Waals surface area contributed by atoms with Crippen LogP contribution in [0.2, 0.25) is 0 Å². The highest BCUT2D eigenvalue weighted by molar-refractivity contribution is 5.78. The molecule has 0 amide bonds. The first-order chi connectivity index (χ1) is 13.4. The van der Waals surface area contributed by atoms with Gasteiger partial charge >= 0.3 is 5.97 Å². The van der Waals surface area contributed by atoms with Gasteiger partial charge in [0, 0.05) is 24.7 Å². The Hall–Kier alpha value is -1.20. The maximum Gasteiger partial charge on any atom is 0.303 e. The molecule has 0 heterocycles. The normalized spacial score (nSPS) is 29.9. The Bertz CT molecular complexity index is 579. The minimum absolute atomic E-state index is 0.138. The average molecular weight is 359 g/mol. The predicted octanol–water partition coefficient (Wildman–Crippen LogP) is 3.48. The van der Waals surface area contributed by atoms with Crippen molar-refractivity contribution in [2.24, 2.45) is 11.8 Å². The van der Waals surface area contributed by atoms with E-state index in [1.165, 1.54) is 6.08 Å². The molecule has 0 spiro atoms. The second-order valence-corrected chi connectivity index (χ2v) is 6.76. The Morgan fingerprint density at radius 1 is 1.08 bits per heavy atom. The van der Waals surface area contributed by atoms with E-state index in [1.807, 2.05) is 0 Å². The number of rotatable bonds is 13. The van der Waals surface area contributed by atoms with Crippen LogP contribution in [0.3, 0.4) is 0 Å². The summed E-state index contributed by atoms with van der Waals surface area (Å²) in [5.74, 6) is -1.93. The smallest absolute Gasteiger partial charge is 0.303 e. The predicted molar refractivity (Wildman–Crippen MR) is 97.2 cm³/mol. The maximum absolute atomic E-state index is 12.0. The zero-order valence-electron chi connectivity index (χ0n) is 19.0. The van der Waals surface area contributed by atoms with Gasteiger partial charge in [0.15, 0.2) is 0 Å². The van der Waals surface area contributed by atoms with Gasteiger partial charge in [-0.05, 0) is 50.3 Å². The summed E-state index contributed by atoms with van der Waals surface area (Å²) < 4.78 is 31.0. The van der Waals surface area contributed by atoms with Crippen molar-refractivity contribution in [3.8, 4) is 0 Å². The number of hydrogen-bond acceptors (Lipinski definition) is 4. The van der Waals surface area contributed by atoms with Crippen LogP contribution in [0.15, 0.2) is 12.2 Å². The molecule has 5 heteroatoms. The van der Waals surface area contributed by atoms with Crippen LogP contribution in [0.1, 0.15) is 82.9 Å². The number of carbonyl (C=O) groups excluding carboxylic acids is 1. The number of hydrogen-bond donors (Lipinski definition) is 3. The molecule has 0 unspecified atom stereocenters. The van der Waals surface area contributed by atoms with E-state index >= 15 is 0 Å². The molecule has 1 aliphatic rings. The lowest BCUT2D eigenvalue weighted by atomic mass is 9.86. The van der Waals surface area contributed by atoms with Gasteiger partial charge < -0.3 is 15.3 Å². The Kier molecular flexibility index (Phi) is 7.81. The summed E-state index contributed by atoms with van der Waals surface area (Å²) >= 11 is 0. The summed E-state index contributed by atoms with van der Waals surface area (Å²) in [4.78, 5) is 22.8. The van der Waals surface area contributed by atoms with Crippen molar-refractivity contribution in [3.05, 3.63) is 12.2 Å². The minimum Gasteiger partial charge on any atom is -0.481 e. The van der Waals surface area contributed by atoms with E-state index in [2.05, 4.69) is 6.92 Å². The third kappa shape index (κ3) is 8.63. The number of Topliss-reactive ketones (excluding diaryl/α,β-unsaturated/α-hetero) is 1. The molecule has 3 N–H and O–H groups in total. The van der Waals surface area contributed by atoms with Crippen molar-refractivity contribution < 1.29 is 30.4 Å². The molecule has 4 atom stereocenters. The zero-order valence-corrected chi connectivity index (χ0v) is 15.0. The molecule has 0 aromatic carbocycles. The molecule has 25 heavy (non-hydrogen) atoms. The van der Waals surface area contributed by atoms with Gasteiger partial charge in [0.1, 0.15) is 5.78 Å². The summed E-state index contributed by atoms with van der Waals surface area (Å²) in [7, 11) is 0. The number of aliphatic hydroxyl groups is 2. The van der Waals surface area contributed by atoms with E-state index in [9.17, 15) is 19.8 Å². The number of aliphatic hydroxyl groups excluding tert-OH is 2. The number of ketones is 1. The minimum atomic E-state index is -2.58. The first kappa shape index (κ1) is 16.0. The summed E-state index contributed by atoms with van der Waals surface area (Å²) in [5.41, 5.74) is 0. The van der Waals surface area contributed by atoms with Crippen LogP contribution in [0.4, 0.5) is 0 Å². The Balaban J connectivity index is 2.68.